The standard InChI is InChI=1S/C23H16Br2N2O3/c1-30-17-9-7-16(8-10-17)27-21(26-20-5-3-2-4-18(20)23(27)29)11-6-14-12-15(24)13-19(25)22(14)28/h2-13,28H,1H3. The highest BCUT2D eigenvalue weighted by molar-refractivity contribution is 9.11. The number of aromatic nitrogens is 2. The molecule has 0 bridgehead atoms. The lowest BCUT2D eigenvalue weighted by atomic mass is 10.1. The van der Waals surface area contributed by atoms with E-state index >= 15 is 0 Å². The van der Waals surface area contributed by atoms with Gasteiger partial charge in [-0.15, -0.1) is 0 Å². The summed E-state index contributed by atoms with van der Waals surface area (Å²) in [5.41, 5.74) is 1.68. The van der Waals surface area contributed by atoms with Crippen molar-refractivity contribution in [3.8, 4) is 17.2 Å². The number of nitrogens with zero attached hydrogens (tertiary/aromatic N) is 2. The molecule has 0 saturated carbocycles. The number of hydrogen-bond donors (Lipinski definition) is 1. The number of phenols is 1. The third-order valence-electron chi connectivity index (χ3n) is 4.60. The van der Waals surface area contributed by atoms with Gasteiger partial charge < -0.3 is 9.84 Å². The van der Waals surface area contributed by atoms with Gasteiger partial charge in [0.05, 0.1) is 28.2 Å². The molecule has 0 radical (unpaired) electrons. The molecule has 3 aromatic carbocycles. The van der Waals surface area contributed by atoms with Crippen LogP contribution in [0.25, 0.3) is 28.7 Å². The van der Waals surface area contributed by atoms with Crippen molar-refractivity contribution in [3.63, 3.8) is 0 Å². The van der Waals surface area contributed by atoms with Crippen LogP contribution in [0.5, 0.6) is 11.5 Å². The van der Waals surface area contributed by atoms with Crippen molar-refractivity contribution in [2.75, 3.05) is 7.11 Å². The molecule has 0 unspecified atom stereocenters. The molecular weight excluding hydrogens is 512 g/mol. The number of phenolic OH excluding ortho intramolecular Hbond substituents is 1. The van der Waals surface area contributed by atoms with Crippen molar-refractivity contribution in [1.82, 2.24) is 9.55 Å². The van der Waals surface area contributed by atoms with Gasteiger partial charge in [-0.2, -0.15) is 0 Å². The number of fused-ring (bicyclic) bond motifs is 1. The van der Waals surface area contributed by atoms with Gasteiger partial charge in [0.15, 0.2) is 0 Å². The molecule has 0 amide bonds. The minimum absolute atomic E-state index is 0.105. The van der Waals surface area contributed by atoms with Crippen LogP contribution in [0.1, 0.15) is 11.4 Å². The fourth-order valence-electron chi connectivity index (χ4n) is 3.12. The van der Waals surface area contributed by atoms with E-state index in [9.17, 15) is 9.90 Å². The highest BCUT2D eigenvalue weighted by Gasteiger charge is 2.12. The maximum atomic E-state index is 13.3. The summed E-state index contributed by atoms with van der Waals surface area (Å²) < 4.78 is 8.14. The summed E-state index contributed by atoms with van der Waals surface area (Å²) in [6, 6.07) is 18.0. The maximum Gasteiger partial charge on any atom is 0.266 e. The van der Waals surface area contributed by atoms with Crippen LogP contribution >= 0.6 is 31.9 Å². The Morgan fingerprint density at radius 1 is 1.03 bits per heavy atom. The van der Waals surface area contributed by atoms with E-state index in [1.165, 1.54) is 0 Å². The first kappa shape index (κ1) is 20.4. The van der Waals surface area contributed by atoms with Crippen molar-refractivity contribution in [1.29, 1.82) is 0 Å². The fraction of sp³-hybridized carbons (Fsp3) is 0.0435. The van der Waals surface area contributed by atoms with Crippen LogP contribution in [0.3, 0.4) is 0 Å². The topological polar surface area (TPSA) is 64.3 Å². The molecule has 0 saturated heterocycles. The van der Waals surface area contributed by atoms with E-state index in [0.717, 1.165) is 4.47 Å². The minimum atomic E-state index is -0.176. The van der Waals surface area contributed by atoms with E-state index in [-0.39, 0.29) is 11.3 Å². The molecule has 0 aliphatic rings. The average molecular weight is 528 g/mol. The van der Waals surface area contributed by atoms with E-state index < -0.39 is 0 Å². The first-order valence-electron chi connectivity index (χ1n) is 9.00. The Hall–Kier alpha value is -2.90. The summed E-state index contributed by atoms with van der Waals surface area (Å²) >= 11 is 6.76. The van der Waals surface area contributed by atoms with Crippen molar-refractivity contribution in [2.24, 2.45) is 0 Å². The fourth-order valence-corrected chi connectivity index (χ4v) is 4.38. The molecule has 1 N–H and O–H groups in total. The summed E-state index contributed by atoms with van der Waals surface area (Å²) in [6.45, 7) is 0. The predicted molar refractivity (Wildman–Crippen MR) is 126 cm³/mol. The molecule has 1 heterocycles. The SMILES string of the molecule is COc1ccc(-n2c(C=Cc3cc(Br)cc(Br)c3O)nc3ccccc3c2=O)cc1. The number of ether oxygens (including phenoxy) is 1. The molecule has 0 fully saturated rings. The Labute approximate surface area is 189 Å². The zero-order valence-corrected chi connectivity index (χ0v) is 19.0. The molecule has 30 heavy (non-hydrogen) atoms. The number of aromatic hydroxyl groups is 1. The van der Waals surface area contributed by atoms with Gasteiger partial charge in [0.2, 0.25) is 0 Å². The lowest BCUT2D eigenvalue weighted by Gasteiger charge is -2.12. The molecule has 150 valence electrons. The van der Waals surface area contributed by atoms with E-state index in [2.05, 4.69) is 36.8 Å². The second-order valence-corrected chi connectivity index (χ2v) is 8.25. The Morgan fingerprint density at radius 2 is 1.77 bits per heavy atom. The van der Waals surface area contributed by atoms with Crippen molar-refractivity contribution in [2.45, 2.75) is 0 Å². The molecule has 0 aliphatic heterocycles. The largest absolute Gasteiger partial charge is 0.506 e. The van der Waals surface area contributed by atoms with E-state index in [4.69, 9.17) is 4.74 Å². The molecule has 1 aromatic heterocycles. The highest BCUT2D eigenvalue weighted by Crippen LogP contribution is 2.33. The Morgan fingerprint density at radius 3 is 2.50 bits per heavy atom. The third kappa shape index (κ3) is 3.91. The quantitative estimate of drug-likeness (QED) is 0.364. The van der Waals surface area contributed by atoms with Crippen LogP contribution in [0.2, 0.25) is 0 Å². The molecule has 0 atom stereocenters. The zero-order chi connectivity index (χ0) is 21.3. The molecule has 4 rings (SSSR count). The maximum absolute atomic E-state index is 13.3. The van der Waals surface area contributed by atoms with Gasteiger partial charge in [-0.3, -0.25) is 9.36 Å². The van der Waals surface area contributed by atoms with Gasteiger partial charge in [0.25, 0.3) is 5.56 Å². The predicted octanol–water partition coefficient (Wildman–Crippen LogP) is 5.80. The van der Waals surface area contributed by atoms with Gasteiger partial charge in [-0.05, 0) is 76.6 Å². The summed E-state index contributed by atoms with van der Waals surface area (Å²) in [7, 11) is 1.59. The first-order valence-corrected chi connectivity index (χ1v) is 10.6. The number of para-hydroxylation sites is 1. The zero-order valence-electron chi connectivity index (χ0n) is 15.8. The van der Waals surface area contributed by atoms with Crippen molar-refractivity contribution >= 4 is 54.9 Å². The van der Waals surface area contributed by atoms with Crippen molar-refractivity contribution in [3.05, 3.63) is 91.4 Å². The lowest BCUT2D eigenvalue weighted by Crippen LogP contribution is -2.22. The lowest BCUT2D eigenvalue weighted by molar-refractivity contribution is 0.414. The highest BCUT2D eigenvalue weighted by atomic mass is 79.9. The second kappa shape index (κ2) is 8.45. The van der Waals surface area contributed by atoms with Crippen LogP contribution in [0.15, 0.2) is 74.4 Å². The average Bonchev–Trinajstić information content (AvgIpc) is 2.75. The van der Waals surface area contributed by atoms with Gasteiger partial charge in [0.1, 0.15) is 17.3 Å². The molecule has 0 aliphatic carbocycles. The van der Waals surface area contributed by atoms with Crippen LogP contribution in [-0.2, 0) is 0 Å². The van der Waals surface area contributed by atoms with Gasteiger partial charge in [0, 0.05) is 10.0 Å². The van der Waals surface area contributed by atoms with Crippen molar-refractivity contribution < 1.29 is 9.84 Å². The smallest absolute Gasteiger partial charge is 0.266 e. The summed E-state index contributed by atoms with van der Waals surface area (Å²) in [6.07, 6.45) is 3.44. The molecule has 5 nitrogen and oxygen atoms in total. The van der Waals surface area contributed by atoms with Gasteiger partial charge in [-0.1, -0.05) is 28.1 Å². The number of rotatable bonds is 4. The monoisotopic (exact) mass is 526 g/mol. The van der Waals surface area contributed by atoms with Crippen LogP contribution in [0.4, 0.5) is 0 Å². The Kier molecular flexibility index (Phi) is 5.74. The summed E-state index contributed by atoms with van der Waals surface area (Å²) in [5, 5.41) is 10.9. The molecule has 4 aromatic rings. The van der Waals surface area contributed by atoms with Gasteiger partial charge in [-0.25, -0.2) is 4.98 Å². The normalized spacial score (nSPS) is 11.3. The Balaban J connectivity index is 1.93. The number of halogens is 2. The third-order valence-corrected chi connectivity index (χ3v) is 5.66. The van der Waals surface area contributed by atoms with Crippen LogP contribution in [-0.4, -0.2) is 21.8 Å². The molecule has 0 spiro atoms. The summed E-state index contributed by atoms with van der Waals surface area (Å²) in [5.74, 6) is 1.24. The molecular formula is C23H16Br2N2O3. The second-order valence-electron chi connectivity index (χ2n) is 6.48. The van der Waals surface area contributed by atoms with Gasteiger partial charge >= 0.3 is 0 Å². The number of methoxy groups -OCH3 is 1. The number of hydrogen-bond acceptors (Lipinski definition) is 4. The Bertz CT molecular complexity index is 1330. The van der Waals surface area contributed by atoms with E-state index in [1.807, 2.05) is 12.1 Å². The first-order chi connectivity index (χ1) is 14.5. The van der Waals surface area contributed by atoms with E-state index in [0.29, 0.717) is 38.2 Å². The number of benzene rings is 3. The van der Waals surface area contributed by atoms with Crippen LogP contribution in [0, 0.1) is 0 Å². The van der Waals surface area contributed by atoms with Crippen LogP contribution < -0.4 is 10.3 Å². The minimum Gasteiger partial charge on any atom is -0.506 e. The molecule has 7 heteroatoms. The van der Waals surface area contributed by atoms with E-state index in [1.54, 1.807) is 72.4 Å². The summed E-state index contributed by atoms with van der Waals surface area (Å²) in [4.78, 5) is 18.0.